The van der Waals surface area contributed by atoms with Crippen LogP contribution in [-0.2, 0) is 17.9 Å². The van der Waals surface area contributed by atoms with Crippen LogP contribution in [-0.4, -0.2) is 35.7 Å². The van der Waals surface area contributed by atoms with Gasteiger partial charge in [-0.3, -0.25) is 24.0 Å². The van der Waals surface area contributed by atoms with Crippen LogP contribution in [0.15, 0.2) is 56.7 Å². The number of para-hydroxylation sites is 1. The van der Waals surface area contributed by atoms with Crippen LogP contribution in [0.2, 0.25) is 0 Å². The topological polar surface area (TPSA) is 133 Å². The second-order valence-corrected chi connectivity index (χ2v) is 8.18. The third-order valence-corrected chi connectivity index (χ3v) is 5.09. The molecule has 0 fully saturated rings. The van der Waals surface area contributed by atoms with E-state index in [1.807, 2.05) is 32.0 Å². The molecule has 0 atom stereocenters. The van der Waals surface area contributed by atoms with Crippen LogP contribution < -0.4 is 26.6 Å². The molecule has 182 valence electrons. The minimum absolute atomic E-state index is 0.0220. The molecule has 34 heavy (non-hydrogen) atoms. The maximum absolute atomic E-state index is 13.6. The van der Waals surface area contributed by atoms with Gasteiger partial charge in [-0.2, -0.15) is 0 Å². The average molecular weight is 471 g/mol. The lowest BCUT2D eigenvalue weighted by atomic mass is 10.2. The summed E-state index contributed by atoms with van der Waals surface area (Å²) in [5.74, 6) is 0.0963. The fourth-order valence-corrected chi connectivity index (χ4v) is 3.50. The average Bonchev–Trinajstić information content (AvgIpc) is 3.28. The summed E-state index contributed by atoms with van der Waals surface area (Å²) in [5.41, 5.74) is 5.30. The molecule has 0 radical (unpaired) electrons. The van der Waals surface area contributed by atoms with E-state index in [-0.39, 0.29) is 42.9 Å². The number of furan rings is 1. The van der Waals surface area contributed by atoms with E-state index in [4.69, 9.17) is 19.6 Å². The second-order valence-electron chi connectivity index (χ2n) is 8.18. The van der Waals surface area contributed by atoms with Crippen molar-refractivity contribution in [3.8, 4) is 5.75 Å². The molecular weight excluding hydrogens is 440 g/mol. The number of nitrogens with zero attached hydrogens (tertiary/aromatic N) is 2. The third-order valence-electron chi connectivity index (χ3n) is 5.09. The molecule has 3 N–H and O–H groups in total. The summed E-state index contributed by atoms with van der Waals surface area (Å²) >= 11 is 0. The number of nitrogen functional groups attached to an aromatic ring is 1. The Morgan fingerprint density at radius 1 is 1.21 bits per heavy atom. The molecule has 0 saturated heterocycles. The molecule has 0 saturated carbocycles. The van der Waals surface area contributed by atoms with E-state index >= 15 is 0 Å². The van der Waals surface area contributed by atoms with E-state index in [2.05, 4.69) is 4.98 Å². The minimum atomic E-state index is -0.748. The third kappa shape index (κ3) is 5.76. The fourth-order valence-electron chi connectivity index (χ4n) is 3.50. The Balaban J connectivity index is 1.98. The van der Waals surface area contributed by atoms with Crippen molar-refractivity contribution >= 4 is 17.4 Å². The van der Waals surface area contributed by atoms with Crippen molar-refractivity contribution in [2.45, 2.75) is 33.4 Å². The van der Waals surface area contributed by atoms with Crippen LogP contribution >= 0.6 is 0 Å². The standard InChI is InChI=1S/C24H30N4O6/c1-16(2)14-28-21(25)19(22(29)26-24(28)31)27(11-7-12-32-3)23(30)20-17(10-13-33-20)15-34-18-8-5-4-6-9-18/h4-6,8-10,13,16H,7,11-12,14-15,25H2,1-3H3,(H,26,29,31). The Labute approximate surface area is 196 Å². The number of methoxy groups -OCH3 is 1. The fraction of sp³-hybridized carbons (Fsp3) is 0.375. The van der Waals surface area contributed by atoms with Crippen molar-refractivity contribution in [1.29, 1.82) is 0 Å². The molecular formula is C24H30N4O6. The summed E-state index contributed by atoms with van der Waals surface area (Å²) in [6.45, 7) is 4.69. The van der Waals surface area contributed by atoms with Crippen LogP contribution in [0.3, 0.4) is 0 Å². The van der Waals surface area contributed by atoms with E-state index < -0.39 is 17.2 Å². The molecule has 3 rings (SSSR count). The van der Waals surface area contributed by atoms with Crippen molar-refractivity contribution in [2.75, 3.05) is 30.9 Å². The molecule has 10 heteroatoms. The van der Waals surface area contributed by atoms with Crippen LogP contribution in [0.4, 0.5) is 11.5 Å². The van der Waals surface area contributed by atoms with Crippen LogP contribution in [0.25, 0.3) is 0 Å². The number of hydrogen-bond donors (Lipinski definition) is 2. The quantitative estimate of drug-likeness (QED) is 0.412. The highest BCUT2D eigenvalue weighted by Gasteiger charge is 2.29. The summed E-state index contributed by atoms with van der Waals surface area (Å²) in [7, 11) is 1.54. The van der Waals surface area contributed by atoms with Gasteiger partial charge in [-0.1, -0.05) is 32.0 Å². The van der Waals surface area contributed by atoms with Gasteiger partial charge in [0.15, 0.2) is 11.4 Å². The highest BCUT2D eigenvalue weighted by molar-refractivity contribution is 6.06. The number of ether oxygens (including phenoxy) is 2. The number of rotatable bonds is 11. The maximum atomic E-state index is 13.6. The van der Waals surface area contributed by atoms with Crippen LogP contribution in [0.5, 0.6) is 5.75 Å². The predicted molar refractivity (Wildman–Crippen MR) is 128 cm³/mol. The molecule has 0 unspecified atom stereocenters. The van der Waals surface area contributed by atoms with Gasteiger partial charge in [-0.15, -0.1) is 0 Å². The first-order valence-corrected chi connectivity index (χ1v) is 11.0. The number of benzene rings is 1. The van der Waals surface area contributed by atoms with Crippen LogP contribution in [0.1, 0.15) is 36.4 Å². The molecule has 0 aliphatic heterocycles. The lowest BCUT2D eigenvalue weighted by Gasteiger charge is -2.24. The molecule has 0 aliphatic carbocycles. The Kier molecular flexibility index (Phi) is 8.31. The number of aromatic nitrogens is 2. The molecule has 2 aromatic heterocycles. The summed E-state index contributed by atoms with van der Waals surface area (Å²) in [6, 6.07) is 10.8. The Morgan fingerprint density at radius 3 is 2.62 bits per heavy atom. The summed E-state index contributed by atoms with van der Waals surface area (Å²) in [6.07, 6.45) is 1.82. The Hall–Kier alpha value is -3.79. The molecule has 0 spiro atoms. The SMILES string of the molecule is COCCCN(C(=O)c1occc1COc1ccccc1)c1c(N)n(CC(C)C)c(=O)[nH]c1=O. The molecule has 3 aromatic rings. The normalized spacial score (nSPS) is 11.1. The second kappa shape index (κ2) is 11.4. The number of nitrogens with one attached hydrogen (secondary N) is 1. The van der Waals surface area contributed by atoms with E-state index in [0.29, 0.717) is 24.3 Å². The highest BCUT2D eigenvalue weighted by Crippen LogP contribution is 2.23. The van der Waals surface area contributed by atoms with E-state index in [1.165, 1.54) is 15.7 Å². The van der Waals surface area contributed by atoms with E-state index in [1.54, 1.807) is 25.3 Å². The first kappa shape index (κ1) is 24.8. The number of aromatic amines is 1. The summed E-state index contributed by atoms with van der Waals surface area (Å²) < 4.78 is 17.6. The Morgan fingerprint density at radius 2 is 1.94 bits per heavy atom. The molecule has 2 heterocycles. The molecule has 1 aromatic carbocycles. The van der Waals surface area contributed by atoms with Gasteiger partial charge in [0.2, 0.25) is 0 Å². The monoisotopic (exact) mass is 470 g/mol. The van der Waals surface area contributed by atoms with Gasteiger partial charge in [0, 0.05) is 32.4 Å². The number of carbonyl (C=O) groups is 1. The Bertz CT molecular complexity index is 1210. The van der Waals surface area contributed by atoms with Gasteiger partial charge < -0.3 is 19.6 Å². The lowest BCUT2D eigenvalue weighted by Crippen LogP contribution is -2.42. The zero-order valence-corrected chi connectivity index (χ0v) is 19.6. The predicted octanol–water partition coefficient (Wildman–Crippen LogP) is 2.63. The van der Waals surface area contributed by atoms with Gasteiger partial charge in [0.05, 0.1) is 6.26 Å². The van der Waals surface area contributed by atoms with Gasteiger partial charge in [0.25, 0.3) is 11.5 Å². The van der Waals surface area contributed by atoms with Gasteiger partial charge in [-0.25, -0.2) is 4.79 Å². The van der Waals surface area contributed by atoms with Crippen molar-refractivity contribution in [2.24, 2.45) is 5.92 Å². The number of hydrogen-bond acceptors (Lipinski definition) is 7. The van der Waals surface area contributed by atoms with Crippen LogP contribution in [0, 0.1) is 5.92 Å². The van der Waals surface area contributed by atoms with Crippen molar-refractivity contribution in [3.05, 3.63) is 74.8 Å². The van der Waals surface area contributed by atoms with Gasteiger partial charge >= 0.3 is 5.69 Å². The maximum Gasteiger partial charge on any atom is 0.330 e. The lowest BCUT2D eigenvalue weighted by molar-refractivity contribution is 0.0953. The summed E-state index contributed by atoms with van der Waals surface area (Å²) in [4.78, 5) is 42.3. The zero-order valence-electron chi connectivity index (χ0n) is 19.6. The van der Waals surface area contributed by atoms with Crippen molar-refractivity contribution < 1.29 is 18.7 Å². The molecule has 1 amide bonds. The number of amides is 1. The van der Waals surface area contributed by atoms with Crippen molar-refractivity contribution in [1.82, 2.24) is 9.55 Å². The first-order valence-electron chi connectivity index (χ1n) is 11.0. The molecule has 0 aliphatic rings. The highest BCUT2D eigenvalue weighted by atomic mass is 16.5. The smallest absolute Gasteiger partial charge is 0.330 e. The van der Waals surface area contributed by atoms with E-state index in [9.17, 15) is 14.4 Å². The summed E-state index contributed by atoms with van der Waals surface area (Å²) in [5, 5.41) is 0. The molecule has 0 bridgehead atoms. The van der Waals surface area contributed by atoms with Gasteiger partial charge in [0.1, 0.15) is 18.2 Å². The van der Waals surface area contributed by atoms with Crippen molar-refractivity contribution in [3.63, 3.8) is 0 Å². The minimum Gasteiger partial charge on any atom is -0.489 e. The number of carbonyl (C=O) groups excluding carboxylic acids is 1. The number of nitrogens with two attached hydrogens (primary N) is 1. The first-order chi connectivity index (χ1) is 16.3. The van der Waals surface area contributed by atoms with Gasteiger partial charge in [-0.05, 0) is 30.5 Å². The zero-order chi connectivity index (χ0) is 24.7. The van der Waals surface area contributed by atoms with E-state index in [0.717, 1.165) is 0 Å². The number of H-pyrrole nitrogens is 1. The number of anilines is 2. The largest absolute Gasteiger partial charge is 0.489 e. The molecule has 10 nitrogen and oxygen atoms in total.